The number of rotatable bonds is 2. The number of anilines is 4. The molecule has 3 unspecified atom stereocenters. The van der Waals surface area contributed by atoms with Crippen LogP contribution in [0.5, 0.6) is 0 Å². The lowest BCUT2D eigenvalue weighted by Crippen LogP contribution is -2.50. The number of aromatic amines is 1. The number of nitrogen functional groups attached to an aromatic ring is 2. The van der Waals surface area contributed by atoms with Gasteiger partial charge in [-0.1, -0.05) is 17.5 Å². The Morgan fingerprint density at radius 3 is 2.80 bits per heavy atom. The van der Waals surface area contributed by atoms with Crippen molar-refractivity contribution in [3.8, 4) is 0 Å². The maximum absolute atomic E-state index is 16.8. The van der Waals surface area contributed by atoms with Crippen molar-refractivity contribution < 1.29 is 45.8 Å². The molecule has 8 N–H and O–H groups in total. The molecule has 0 aromatic carbocycles. The molecule has 45 heavy (non-hydrogen) atoms. The predicted octanol–water partition coefficient (Wildman–Crippen LogP) is -1.02. The molecular formula is C18H22F2N12O9P2S2. The molecule has 7 rings (SSSR count). The van der Waals surface area contributed by atoms with Crippen molar-refractivity contribution in [1.82, 2.24) is 40.5 Å². The third-order valence-corrected chi connectivity index (χ3v) is 10.3. The summed E-state index contributed by atoms with van der Waals surface area (Å²) in [6, 6.07) is 0. The lowest BCUT2D eigenvalue weighted by Gasteiger charge is -2.32. The first-order valence-electron chi connectivity index (χ1n) is 12.7. The summed E-state index contributed by atoms with van der Waals surface area (Å²) in [7, 11) is 0. The molecule has 0 radical (unpaired) electrons. The van der Waals surface area contributed by atoms with Crippen LogP contribution in [0.3, 0.4) is 0 Å². The van der Waals surface area contributed by atoms with Gasteiger partial charge in [-0.3, -0.25) is 28.8 Å². The topological polar surface area (TPSA) is 274 Å². The van der Waals surface area contributed by atoms with E-state index in [1.807, 2.05) is 0 Å². The molecule has 4 aliphatic rings. The van der Waals surface area contributed by atoms with Gasteiger partial charge in [-0.25, -0.2) is 28.3 Å². The quantitative estimate of drug-likeness (QED) is 0.124. The van der Waals surface area contributed by atoms with Crippen LogP contribution in [0.1, 0.15) is 0 Å². The number of nitrogens with one attached hydrogen (secondary N) is 3. The van der Waals surface area contributed by atoms with Crippen LogP contribution in [-0.4, -0.2) is 96.5 Å². The van der Waals surface area contributed by atoms with Crippen molar-refractivity contribution in [3.63, 3.8) is 0 Å². The highest BCUT2D eigenvalue weighted by atomic mass is 32.7. The summed E-state index contributed by atoms with van der Waals surface area (Å²) in [5.74, 6) is -3.21. The summed E-state index contributed by atoms with van der Waals surface area (Å²) < 4.78 is 80.1. The number of nitrogens with zero attached hydrogens (tertiary/aromatic N) is 7. The zero-order chi connectivity index (χ0) is 31.9. The number of fused-ring (bicyclic) bond motifs is 5. The van der Waals surface area contributed by atoms with Crippen LogP contribution >= 0.6 is 25.8 Å². The molecule has 2 bridgehead atoms. The molecule has 3 fully saturated rings. The average Bonchev–Trinajstić information content (AvgIpc) is 3.73. The zero-order valence-electron chi connectivity index (χ0n) is 22.2. The molecule has 0 aliphatic carbocycles. The molecule has 3 saturated heterocycles. The van der Waals surface area contributed by atoms with E-state index >= 15 is 8.78 Å². The van der Waals surface area contributed by atoms with Crippen LogP contribution in [0.25, 0.3) is 11.2 Å². The number of H-pyrrole nitrogens is 1. The fourth-order valence-electron chi connectivity index (χ4n) is 5.12. The fraction of sp³-hybridized carbons (Fsp3) is 0.556. The van der Waals surface area contributed by atoms with Gasteiger partial charge in [0, 0.05) is 0 Å². The molecule has 3 aromatic heterocycles. The van der Waals surface area contributed by atoms with Gasteiger partial charge in [0.15, 0.2) is 47.0 Å². The lowest BCUT2D eigenvalue weighted by molar-refractivity contribution is -0.0547. The maximum atomic E-state index is 16.8. The van der Waals surface area contributed by atoms with Gasteiger partial charge in [-0.15, -0.1) is 10.6 Å². The van der Waals surface area contributed by atoms with E-state index in [2.05, 4.69) is 53.5 Å². The Hall–Kier alpha value is -2.67. The highest BCUT2D eigenvalue weighted by molar-refractivity contribution is 8.44. The normalized spacial score (nSPS) is 38.6. The highest BCUT2D eigenvalue weighted by Gasteiger charge is 2.59. The second-order valence-electron chi connectivity index (χ2n) is 9.99. The molecule has 21 nitrogen and oxygen atoms in total. The Bertz CT molecular complexity index is 1830. The number of thiol groups is 1. The summed E-state index contributed by atoms with van der Waals surface area (Å²) in [4.78, 5) is 37.4. The van der Waals surface area contributed by atoms with Crippen molar-refractivity contribution in [1.29, 1.82) is 0 Å². The van der Waals surface area contributed by atoms with Gasteiger partial charge in [-0.2, -0.15) is 9.67 Å². The number of halogens is 2. The second-order valence-corrected chi connectivity index (χ2v) is 15.7. The Morgan fingerprint density at radius 1 is 1.22 bits per heavy atom. The van der Waals surface area contributed by atoms with Gasteiger partial charge in [-0.05, 0) is 11.8 Å². The standard InChI is InChI=1S/C18H22F2N12O9P2S2/c19-7-5-1-37-43(35,45)41-11-6(36-3-18(11,20)32-13-8(27-30-32)12(21)23-4-24-13)2-38-42(34,44)40-10(7)16(39-5)31-14-9(28-29-31)15(33)26-17(22)25-14/h4-7,10-11,16,28-29H,1-3H2,(H,34,44)(H,35,45)(H2,21,23,24)(H3,22,25,26,33)/t5?,6-,7-,10+,11-,16-,18-,42?,43?/m1/s1. The monoisotopic (exact) mass is 714 g/mol. The van der Waals surface area contributed by atoms with E-state index in [0.717, 1.165) is 11.3 Å². The predicted molar refractivity (Wildman–Crippen MR) is 153 cm³/mol. The van der Waals surface area contributed by atoms with Gasteiger partial charge in [0.05, 0.1) is 13.2 Å². The molecule has 3 aromatic rings. The zero-order valence-corrected chi connectivity index (χ0v) is 25.7. The SMILES string of the molecule is Nc1nc2c(c(=O)[nH]1)NNN2[C@@H]1OC2COP(O)(=S)O[C@@H]3[C@@H](COP(=O)(S)O[C@H]1[C@@H]2F)OC[C@@]3(F)n1nnc2c(N)ncnc21. The number of hydrogen-bond donors (Lipinski definition) is 7. The van der Waals surface area contributed by atoms with Crippen molar-refractivity contribution >= 4 is 72.0 Å². The van der Waals surface area contributed by atoms with Gasteiger partial charge < -0.3 is 30.4 Å². The molecule has 27 heteroatoms. The summed E-state index contributed by atoms with van der Waals surface area (Å²) in [5, 5.41) is 8.66. The van der Waals surface area contributed by atoms with Crippen LogP contribution in [0.4, 0.5) is 32.1 Å². The molecule has 244 valence electrons. The largest absolute Gasteiger partial charge is 0.386 e. The smallest absolute Gasteiger partial charge is 0.382 e. The number of alkyl halides is 2. The molecule has 4 aliphatic heterocycles. The van der Waals surface area contributed by atoms with Crippen molar-refractivity contribution in [3.05, 3.63) is 16.7 Å². The van der Waals surface area contributed by atoms with Crippen LogP contribution in [0, 0.1) is 0 Å². The van der Waals surface area contributed by atoms with Crippen LogP contribution in [-0.2, 0) is 49.7 Å². The first kappa shape index (κ1) is 31.0. The molecule has 7 heterocycles. The van der Waals surface area contributed by atoms with Gasteiger partial charge in [0.25, 0.3) is 11.4 Å². The van der Waals surface area contributed by atoms with E-state index in [0.29, 0.717) is 4.68 Å². The van der Waals surface area contributed by atoms with Crippen LogP contribution in [0.2, 0.25) is 0 Å². The van der Waals surface area contributed by atoms with Gasteiger partial charge in [0.2, 0.25) is 5.95 Å². The van der Waals surface area contributed by atoms with Crippen LogP contribution < -0.4 is 33.0 Å². The second kappa shape index (κ2) is 11.0. The molecular weight excluding hydrogens is 692 g/mol. The van der Waals surface area contributed by atoms with E-state index < -0.39 is 81.5 Å². The number of hydrazine groups is 2. The molecule has 0 spiro atoms. The molecule has 9 atom stereocenters. The number of nitrogens with two attached hydrogens (primary N) is 2. The van der Waals surface area contributed by atoms with Gasteiger partial charge in [0.1, 0.15) is 31.2 Å². The number of hydrogen-bond acceptors (Lipinski definition) is 19. The van der Waals surface area contributed by atoms with Crippen LogP contribution in [0.15, 0.2) is 11.1 Å². The fourth-order valence-corrected chi connectivity index (χ4v) is 8.01. The van der Waals surface area contributed by atoms with E-state index in [-0.39, 0.29) is 34.4 Å². The first-order valence-corrected chi connectivity index (χ1v) is 18.0. The first-order chi connectivity index (χ1) is 21.3. The molecule has 0 saturated carbocycles. The lowest BCUT2D eigenvalue weighted by atomic mass is 10.1. The van der Waals surface area contributed by atoms with Crippen molar-refractivity contribution in [2.75, 3.05) is 41.7 Å². The highest BCUT2D eigenvalue weighted by Crippen LogP contribution is 2.58. The maximum Gasteiger partial charge on any atom is 0.386 e. The van der Waals surface area contributed by atoms with E-state index in [1.165, 1.54) is 0 Å². The summed E-state index contributed by atoms with van der Waals surface area (Å²) in [6.07, 6.45) is -9.12. The summed E-state index contributed by atoms with van der Waals surface area (Å²) >= 11 is 9.12. The van der Waals surface area contributed by atoms with Gasteiger partial charge >= 0.3 is 13.5 Å². The van der Waals surface area contributed by atoms with E-state index in [1.54, 1.807) is 0 Å². The Morgan fingerprint density at radius 2 is 2.00 bits per heavy atom. The third-order valence-electron chi connectivity index (χ3n) is 7.16. The summed E-state index contributed by atoms with van der Waals surface area (Å²) in [6.45, 7) is -11.2. The summed E-state index contributed by atoms with van der Waals surface area (Å²) in [5.41, 5.74) is 15.7. The Labute approximate surface area is 259 Å². The average molecular weight is 715 g/mol. The third kappa shape index (κ3) is 5.35. The minimum absolute atomic E-state index is 0.0312. The minimum atomic E-state index is -4.51. The van der Waals surface area contributed by atoms with E-state index in [4.69, 9.17) is 50.8 Å². The number of ether oxygens (including phenoxy) is 2. The molecule has 0 amide bonds. The van der Waals surface area contributed by atoms with Crippen molar-refractivity contribution in [2.45, 2.75) is 42.6 Å². The number of aromatic nitrogens is 7. The minimum Gasteiger partial charge on any atom is -0.382 e. The van der Waals surface area contributed by atoms with Crippen molar-refractivity contribution in [2.24, 2.45) is 0 Å². The Kier molecular flexibility index (Phi) is 7.54. The van der Waals surface area contributed by atoms with E-state index in [9.17, 15) is 14.3 Å². The Balaban J connectivity index is 1.20.